The molecule has 2 rings (SSSR count). The van der Waals surface area contributed by atoms with E-state index < -0.39 is 0 Å². The number of hydrogen-bond acceptors (Lipinski definition) is 3. The summed E-state index contributed by atoms with van der Waals surface area (Å²) >= 11 is 0. The van der Waals surface area contributed by atoms with Crippen molar-refractivity contribution in [2.75, 3.05) is 6.61 Å². The summed E-state index contributed by atoms with van der Waals surface area (Å²) in [6.45, 7) is 2.56. The van der Waals surface area contributed by atoms with Crippen molar-refractivity contribution in [3.8, 4) is 5.75 Å². The number of carbonyl (C=O) groups excluding carboxylic acids is 1. The Hall–Kier alpha value is -1.55. The number of amides is 1. The standard InChI is InChI=1S/C17H25NO3/c1-13-6-4-7-14(12-13)21-11-5-10-17(20)18-15-8-2-3-9-16(15)19/h4,6-7,12,15-16,19H,2-3,5,8-11H2,1H3,(H,18,20)/t15-,16-/m1/s1. The number of aliphatic hydroxyl groups excluding tert-OH is 1. The molecule has 1 aromatic rings. The summed E-state index contributed by atoms with van der Waals surface area (Å²) in [4.78, 5) is 11.8. The molecule has 21 heavy (non-hydrogen) atoms. The number of aliphatic hydroxyl groups is 1. The number of rotatable bonds is 6. The molecule has 0 heterocycles. The molecule has 1 aromatic carbocycles. The molecular weight excluding hydrogens is 266 g/mol. The molecule has 116 valence electrons. The molecule has 4 nitrogen and oxygen atoms in total. The van der Waals surface area contributed by atoms with Crippen LogP contribution in [0.25, 0.3) is 0 Å². The van der Waals surface area contributed by atoms with Crippen molar-refractivity contribution in [2.45, 2.75) is 57.6 Å². The zero-order valence-corrected chi connectivity index (χ0v) is 12.7. The summed E-state index contributed by atoms with van der Waals surface area (Å²) in [6.07, 6.45) is 4.55. The molecule has 0 bridgehead atoms. The van der Waals surface area contributed by atoms with E-state index in [1.807, 2.05) is 31.2 Å². The Morgan fingerprint density at radius 1 is 1.38 bits per heavy atom. The minimum absolute atomic E-state index is 0.00814. The Kier molecular flexibility index (Phi) is 6.05. The van der Waals surface area contributed by atoms with E-state index in [1.54, 1.807) is 0 Å². The van der Waals surface area contributed by atoms with E-state index in [-0.39, 0.29) is 18.1 Å². The highest BCUT2D eigenvalue weighted by Gasteiger charge is 2.24. The van der Waals surface area contributed by atoms with Gasteiger partial charge in [0.05, 0.1) is 18.8 Å². The molecule has 2 N–H and O–H groups in total. The van der Waals surface area contributed by atoms with E-state index in [2.05, 4.69) is 5.32 Å². The molecule has 0 saturated heterocycles. The number of hydrogen-bond donors (Lipinski definition) is 2. The van der Waals surface area contributed by atoms with Crippen molar-refractivity contribution < 1.29 is 14.6 Å². The van der Waals surface area contributed by atoms with Crippen molar-refractivity contribution in [1.82, 2.24) is 5.32 Å². The Bertz CT molecular complexity index is 461. The summed E-state index contributed by atoms with van der Waals surface area (Å²) in [5, 5.41) is 12.8. The van der Waals surface area contributed by atoms with Gasteiger partial charge in [-0.05, 0) is 43.9 Å². The molecule has 4 heteroatoms. The fourth-order valence-electron chi connectivity index (χ4n) is 2.69. The smallest absolute Gasteiger partial charge is 0.220 e. The first-order chi connectivity index (χ1) is 10.1. The summed E-state index contributed by atoms with van der Waals surface area (Å²) in [5.74, 6) is 0.854. The third kappa shape index (κ3) is 5.38. The van der Waals surface area contributed by atoms with Crippen molar-refractivity contribution >= 4 is 5.91 Å². The lowest BCUT2D eigenvalue weighted by Crippen LogP contribution is -2.45. The Balaban J connectivity index is 1.63. The van der Waals surface area contributed by atoms with Crippen LogP contribution >= 0.6 is 0 Å². The normalized spacial score (nSPS) is 21.8. The Morgan fingerprint density at radius 3 is 2.95 bits per heavy atom. The van der Waals surface area contributed by atoms with Crippen molar-refractivity contribution in [1.29, 1.82) is 0 Å². The molecule has 1 aliphatic carbocycles. The van der Waals surface area contributed by atoms with Crippen LogP contribution in [0.5, 0.6) is 5.75 Å². The lowest BCUT2D eigenvalue weighted by Gasteiger charge is -2.28. The molecule has 2 atom stereocenters. The first kappa shape index (κ1) is 15.8. The third-order valence-electron chi connectivity index (χ3n) is 3.88. The maximum atomic E-state index is 11.8. The molecule has 0 unspecified atom stereocenters. The van der Waals surface area contributed by atoms with Crippen molar-refractivity contribution in [3.05, 3.63) is 29.8 Å². The summed E-state index contributed by atoms with van der Waals surface area (Å²) in [5.41, 5.74) is 1.16. The van der Waals surface area contributed by atoms with E-state index in [0.717, 1.165) is 37.0 Å². The van der Waals surface area contributed by atoms with Gasteiger partial charge in [-0.25, -0.2) is 0 Å². The van der Waals surface area contributed by atoms with Crippen LogP contribution in [0, 0.1) is 6.92 Å². The molecule has 0 aliphatic heterocycles. The Morgan fingerprint density at radius 2 is 2.19 bits per heavy atom. The number of benzene rings is 1. The van der Waals surface area contributed by atoms with Crippen LogP contribution in [0.4, 0.5) is 0 Å². The molecule has 1 amide bonds. The van der Waals surface area contributed by atoms with Crippen LogP contribution in [0.3, 0.4) is 0 Å². The summed E-state index contributed by atoms with van der Waals surface area (Å²) in [7, 11) is 0. The monoisotopic (exact) mass is 291 g/mol. The van der Waals surface area contributed by atoms with Crippen LogP contribution in [-0.4, -0.2) is 29.8 Å². The van der Waals surface area contributed by atoms with Gasteiger partial charge in [0, 0.05) is 6.42 Å². The molecule has 0 spiro atoms. The van der Waals surface area contributed by atoms with Gasteiger partial charge in [-0.3, -0.25) is 4.79 Å². The van der Waals surface area contributed by atoms with Crippen molar-refractivity contribution in [3.63, 3.8) is 0 Å². The highest BCUT2D eigenvalue weighted by molar-refractivity contribution is 5.76. The van der Waals surface area contributed by atoms with E-state index in [1.165, 1.54) is 0 Å². The van der Waals surface area contributed by atoms with Gasteiger partial charge in [0.1, 0.15) is 5.75 Å². The average Bonchev–Trinajstić information content (AvgIpc) is 2.46. The first-order valence-corrected chi connectivity index (χ1v) is 7.82. The second-order valence-corrected chi connectivity index (χ2v) is 5.79. The number of ether oxygens (including phenoxy) is 1. The van der Waals surface area contributed by atoms with Gasteiger partial charge in [0.25, 0.3) is 0 Å². The van der Waals surface area contributed by atoms with Gasteiger partial charge in [-0.2, -0.15) is 0 Å². The van der Waals surface area contributed by atoms with E-state index in [4.69, 9.17) is 4.74 Å². The third-order valence-corrected chi connectivity index (χ3v) is 3.88. The van der Waals surface area contributed by atoms with Crippen LogP contribution in [0.1, 0.15) is 44.1 Å². The van der Waals surface area contributed by atoms with Gasteiger partial charge in [-0.1, -0.05) is 25.0 Å². The van der Waals surface area contributed by atoms with Gasteiger partial charge in [-0.15, -0.1) is 0 Å². The van der Waals surface area contributed by atoms with Crippen LogP contribution in [0.15, 0.2) is 24.3 Å². The number of nitrogens with one attached hydrogen (secondary N) is 1. The second-order valence-electron chi connectivity index (χ2n) is 5.79. The zero-order valence-electron chi connectivity index (χ0n) is 12.7. The molecule has 1 aliphatic rings. The van der Waals surface area contributed by atoms with Gasteiger partial charge < -0.3 is 15.2 Å². The van der Waals surface area contributed by atoms with Crippen molar-refractivity contribution in [2.24, 2.45) is 0 Å². The van der Waals surface area contributed by atoms with E-state index in [0.29, 0.717) is 19.4 Å². The largest absolute Gasteiger partial charge is 0.494 e. The average molecular weight is 291 g/mol. The van der Waals surface area contributed by atoms with Gasteiger partial charge in [0.15, 0.2) is 0 Å². The lowest BCUT2D eigenvalue weighted by molar-refractivity contribution is -0.123. The first-order valence-electron chi connectivity index (χ1n) is 7.82. The molecule has 1 fully saturated rings. The minimum atomic E-state index is -0.383. The fraction of sp³-hybridized carbons (Fsp3) is 0.588. The maximum Gasteiger partial charge on any atom is 0.220 e. The zero-order chi connectivity index (χ0) is 15.1. The molecule has 0 aromatic heterocycles. The predicted octanol–water partition coefficient (Wildman–Crippen LogP) is 2.57. The molecule has 0 radical (unpaired) electrons. The number of carbonyl (C=O) groups is 1. The minimum Gasteiger partial charge on any atom is -0.494 e. The Labute approximate surface area is 126 Å². The fourth-order valence-corrected chi connectivity index (χ4v) is 2.69. The SMILES string of the molecule is Cc1cccc(OCCCC(=O)N[C@@H]2CCCC[C@H]2O)c1. The van der Waals surface area contributed by atoms with Crippen LogP contribution < -0.4 is 10.1 Å². The summed E-state index contributed by atoms with van der Waals surface area (Å²) < 4.78 is 5.62. The van der Waals surface area contributed by atoms with Crippen LogP contribution in [-0.2, 0) is 4.79 Å². The van der Waals surface area contributed by atoms with E-state index >= 15 is 0 Å². The summed E-state index contributed by atoms with van der Waals surface area (Å²) in [6, 6.07) is 7.82. The predicted molar refractivity (Wildman–Crippen MR) is 82.3 cm³/mol. The van der Waals surface area contributed by atoms with E-state index in [9.17, 15) is 9.90 Å². The lowest BCUT2D eigenvalue weighted by atomic mass is 9.92. The molecular formula is C17H25NO3. The highest BCUT2D eigenvalue weighted by Crippen LogP contribution is 2.18. The molecule has 1 saturated carbocycles. The second kappa shape index (κ2) is 8.03. The maximum absolute atomic E-state index is 11.8. The van der Waals surface area contributed by atoms with Gasteiger partial charge >= 0.3 is 0 Å². The topological polar surface area (TPSA) is 58.6 Å². The quantitative estimate of drug-likeness (QED) is 0.792. The number of aryl methyl sites for hydroxylation is 1. The highest BCUT2D eigenvalue weighted by atomic mass is 16.5. The van der Waals surface area contributed by atoms with Gasteiger partial charge in [0.2, 0.25) is 5.91 Å². The van der Waals surface area contributed by atoms with Crippen LogP contribution in [0.2, 0.25) is 0 Å².